The summed E-state index contributed by atoms with van der Waals surface area (Å²) in [5, 5.41) is 0. The maximum Gasteiger partial charge on any atom is 0.165 e. The SMILES string of the molecule is c1cnc2c(ccn3ccnc23)n1. The third-order valence-corrected chi connectivity index (χ3v) is 2.00. The first kappa shape index (κ1) is 6.54. The topological polar surface area (TPSA) is 43.1 Å². The van der Waals surface area contributed by atoms with E-state index in [0.717, 1.165) is 16.7 Å². The molecule has 0 saturated heterocycles. The van der Waals surface area contributed by atoms with Crippen molar-refractivity contribution in [3.8, 4) is 0 Å². The zero-order valence-corrected chi connectivity index (χ0v) is 6.75. The highest BCUT2D eigenvalue weighted by Gasteiger charge is 2.01. The monoisotopic (exact) mass is 170 g/mol. The van der Waals surface area contributed by atoms with Crippen molar-refractivity contribution in [2.75, 3.05) is 0 Å². The number of fused-ring (bicyclic) bond motifs is 3. The third-order valence-electron chi connectivity index (χ3n) is 2.00. The van der Waals surface area contributed by atoms with Crippen molar-refractivity contribution in [2.24, 2.45) is 0 Å². The van der Waals surface area contributed by atoms with Crippen molar-refractivity contribution in [3.63, 3.8) is 0 Å². The van der Waals surface area contributed by atoms with Crippen molar-refractivity contribution < 1.29 is 0 Å². The quantitative estimate of drug-likeness (QED) is 0.510. The molecule has 4 nitrogen and oxygen atoms in total. The fourth-order valence-electron chi connectivity index (χ4n) is 1.41. The number of hydrogen-bond donors (Lipinski definition) is 0. The molecule has 0 bridgehead atoms. The molecule has 0 radical (unpaired) electrons. The Balaban J connectivity index is 2.65. The van der Waals surface area contributed by atoms with Gasteiger partial charge in [0, 0.05) is 31.0 Å². The Morgan fingerprint density at radius 3 is 2.85 bits per heavy atom. The highest BCUT2D eigenvalue weighted by molar-refractivity contribution is 5.86. The van der Waals surface area contributed by atoms with Gasteiger partial charge in [0.05, 0.1) is 5.52 Å². The molecule has 0 aliphatic heterocycles. The van der Waals surface area contributed by atoms with Crippen LogP contribution < -0.4 is 0 Å². The molecular formula is C9H6N4. The van der Waals surface area contributed by atoms with Crippen LogP contribution >= 0.6 is 0 Å². The van der Waals surface area contributed by atoms with Crippen LogP contribution in [0.5, 0.6) is 0 Å². The maximum absolute atomic E-state index is 4.24. The second-order valence-corrected chi connectivity index (χ2v) is 2.76. The summed E-state index contributed by atoms with van der Waals surface area (Å²) in [6.07, 6.45) is 8.94. The molecule has 0 atom stereocenters. The van der Waals surface area contributed by atoms with E-state index in [1.54, 1.807) is 18.6 Å². The highest BCUT2D eigenvalue weighted by Crippen LogP contribution is 2.12. The standard InChI is InChI=1S/C9H6N4/c1-5-13-6-4-12-9(13)8-7(1)10-2-3-11-8/h1-6H. The molecule has 0 unspecified atom stereocenters. The van der Waals surface area contributed by atoms with Gasteiger partial charge >= 0.3 is 0 Å². The van der Waals surface area contributed by atoms with Crippen LogP contribution in [0.3, 0.4) is 0 Å². The lowest BCUT2D eigenvalue weighted by atomic mass is 10.4. The summed E-state index contributed by atoms with van der Waals surface area (Å²) in [6.45, 7) is 0. The molecule has 0 aromatic carbocycles. The van der Waals surface area contributed by atoms with Gasteiger partial charge in [0.25, 0.3) is 0 Å². The Bertz CT molecular complexity index is 570. The predicted octanol–water partition coefficient (Wildman–Crippen LogP) is 1.28. The average molecular weight is 170 g/mol. The minimum absolute atomic E-state index is 0.843. The summed E-state index contributed by atoms with van der Waals surface area (Å²) >= 11 is 0. The van der Waals surface area contributed by atoms with Crippen molar-refractivity contribution >= 4 is 16.7 Å². The van der Waals surface area contributed by atoms with Gasteiger partial charge in [0.2, 0.25) is 0 Å². The normalized spacial score (nSPS) is 11.1. The molecule has 3 heterocycles. The minimum Gasteiger partial charge on any atom is -0.305 e. The fourth-order valence-corrected chi connectivity index (χ4v) is 1.41. The second-order valence-electron chi connectivity index (χ2n) is 2.76. The first-order valence-electron chi connectivity index (χ1n) is 3.97. The summed E-state index contributed by atoms with van der Waals surface area (Å²) in [5.74, 6) is 0. The minimum atomic E-state index is 0.843. The van der Waals surface area contributed by atoms with Crippen LogP contribution in [0, 0.1) is 0 Å². The van der Waals surface area contributed by atoms with Crippen LogP contribution in [-0.2, 0) is 0 Å². The predicted molar refractivity (Wildman–Crippen MR) is 48.3 cm³/mol. The molecule has 0 aliphatic carbocycles. The Hall–Kier alpha value is -1.97. The van der Waals surface area contributed by atoms with Gasteiger partial charge in [-0.1, -0.05) is 0 Å². The van der Waals surface area contributed by atoms with E-state index < -0.39 is 0 Å². The van der Waals surface area contributed by atoms with Crippen LogP contribution in [0.15, 0.2) is 37.1 Å². The highest BCUT2D eigenvalue weighted by atomic mass is 15.0. The lowest BCUT2D eigenvalue weighted by Crippen LogP contribution is -1.88. The summed E-state index contributed by atoms with van der Waals surface area (Å²) < 4.78 is 1.93. The molecule has 3 rings (SSSR count). The van der Waals surface area contributed by atoms with E-state index in [1.807, 2.05) is 22.9 Å². The molecule has 0 fully saturated rings. The zero-order valence-electron chi connectivity index (χ0n) is 6.75. The van der Waals surface area contributed by atoms with Crippen LogP contribution in [-0.4, -0.2) is 19.4 Å². The smallest absolute Gasteiger partial charge is 0.165 e. The average Bonchev–Trinajstić information content (AvgIpc) is 2.65. The number of nitrogens with zero attached hydrogens (tertiary/aromatic N) is 4. The third kappa shape index (κ3) is 0.823. The van der Waals surface area contributed by atoms with Crippen molar-refractivity contribution in [1.82, 2.24) is 19.4 Å². The first-order valence-corrected chi connectivity index (χ1v) is 3.97. The van der Waals surface area contributed by atoms with Crippen LogP contribution in [0.2, 0.25) is 0 Å². The van der Waals surface area contributed by atoms with Crippen LogP contribution in [0.1, 0.15) is 0 Å². The number of imidazole rings is 1. The van der Waals surface area contributed by atoms with Crippen LogP contribution in [0.4, 0.5) is 0 Å². The van der Waals surface area contributed by atoms with Gasteiger partial charge in [-0.3, -0.25) is 4.98 Å². The van der Waals surface area contributed by atoms with E-state index in [0.29, 0.717) is 0 Å². The van der Waals surface area contributed by atoms with E-state index in [1.165, 1.54) is 0 Å². The Labute approximate surface area is 73.9 Å². The van der Waals surface area contributed by atoms with Gasteiger partial charge in [-0.15, -0.1) is 0 Å². The van der Waals surface area contributed by atoms with Gasteiger partial charge in [-0.2, -0.15) is 0 Å². The molecule has 62 valence electrons. The molecule has 3 aromatic rings. The summed E-state index contributed by atoms with van der Waals surface area (Å²) in [6, 6.07) is 1.93. The van der Waals surface area contributed by atoms with E-state index in [9.17, 15) is 0 Å². The molecule has 0 spiro atoms. The van der Waals surface area contributed by atoms with E-state index >= 15 is 0 Å². The summed E-state index contributed by atoms with van der Waals surface area (Å²) in [7, 11) is 0. The number of hydrogen-bond acceptors (Lipinski definition) is 3. The summed E-state index contributed by atoms with van der Waals surface area (Å²) in [4.78, 5) is 12.6. The number of rotatable bonds is 0. The second kappa shape index (κ2) is 2.26. The van der Waals surface area contributed by atoms with Gasteiger partial charge in [-0.25, -0.2) is 9.97 Å². The summed E-state index contributed by atoms with van der Waals surface area (Å²) in [5.41, 5.74) is 2.57. The maximum atomic E-state index is 4.24. The van der Waals surface area contributed by atoms with E-state index in [-0.39, 0.29) is 0 Å². The molecule has 3 aromatic heterocycles. The van der Waals surface area contributed by atoms with Gasteiger partial charge in [0.15, 0.2) is 5.65 Å². The first-order chi connectivity index (χ1) is 6.45. The Kier molecular flexibility index (Phi) is 1.14. The lowest BCUT2D eigenvalue weighted by molar-refractivity contribution is 1.17. The zero-order chi connectivity index (χ0) is 8.67. The molecular weight excluding hydrogens is 164 g/mol. The van der Waals surface area contributed by atoms with Gasteiger partial charge < -0.3 is 4.40 Å². The largest absolute Gasteiger partial charge is 0.305 e. The lowest BCUT2D eigenvalue weighted by Gasteiger charge is -1.96. The van der Waals surface area contributed by atoms with Crippen molar-refractivity contribution in [3.05, 3.63) is 37.1 Å². The van der Waals surface area contributed by atoms with Crippen molar-refractivity contribution in [2.45, 2.75) is 0 Å². The van der Waals surface area contributed by atoms with Gasteiger partial charge in [0.1, 0.15) is 5.52 Å². The molecule has 4 heteroatoms. The van der Waals surface area contributed by atoms with E-state index in [2.05, 4.69) is 15.0 Å². The molecule has 0 amide bonds. The Morgan fingerprint density at radius 1 is 0.923 bits per heavy atom. The van der Waals surface area contributed by atoms with E-state index in [4.69, 9.17) is 0 Å². The fraction of sp³-hybridized carbons (Fsp3) is 0. The molecule has 0 saturated carbocycles. The van der Waals surface area contributed by atoms with Crippen molar-refractivity contribution in [1.29, 1.82) is 0 Å². The number of aromatic nitrogens is 4. The molecule has 13 heavy (non-hydrogen) atoms. The van der Waals surface area contributed by atoms with Crippen LogP contribution in [0.25, 0.3) is 16.7 Å². The molecule has 0 N–H and O–H groups in total. The van der Waals surface area contributed by atoms with Gasteiger partial charge in [-0.05, 0) is 6.07 Å². The number of pyridine rings is 1. The molecule has 0 aliphatic rings. The Morgan fingerprint density at radius 2 is 1.85 bits per heavy atom.